The second-order valence-electron chi connectivity index (χ2n) is 6.17. The van der Waals surface area contributed by atoms with Gasteiger partial charge in [0.05, 0.1) is 22.8 Å². The summed E-state index contributed by atoms with van der Waals surface area (Å²) < 4.78 is 2.50. The molecule has 0 aliphatic rings. The monoisotopic (exact) mass is 409 g/mol. The van der Waals surface area contributed by atoms with E-state index in [1.165, 1.54) is 21.8 Å². The average Bonchev–Trinajstić information content (AvgIpc) is 2.75. The predicted molar refractivity (Wildman–Crippen MR) is 110 cm³/mol. The summed E-state index contributed by atoms with van der Waals surface area (Å²) in [7, 11) is 3.11. The van der Waals surface area contributed by atoms with Crippen molar-refractivity contribution >= 4 is 23.3 Å². The molecule has 3 aromatic rings. The first kappa shape index (κ1) is 20.4. The molecule has 2 N–H and O–H groups in total. The molecule has 0 bridgehead atoms. The quantitative estimate of drug-likeness (QED) is 0.413. The molecule has 0 amide bonds. The Balaban J connectivity index is 1.75. The zero-order valence-electron chi connectivity index (χ0n) is 16.7. The Hall–Kier alpha value is -4.29. The van der Waals surface area contributed by atoms with Gasteiger partial charge in [0.1, 0.15) is 12.7 Å². The van der Waals surface area contributed by atoms with Crippen LogP contribution in [0.2, 0.25) is 0 Å². The number of hydrogen-bond acceptors (Lipinski definition) is 11. The molecule has 0 atom stereocenters. The van der Waals surface area contributed by atoms with Crippen molar-refractivity contribution in [3.63, 3.8) is 0 Å². The summed E-state index contributed by atoms with van der Waals surface area (Å²) in [4.78, 5) is 43.0. The fraction of sp³-hybridized carbons (Fsp3) is 0.235. The highest BCUT2D eigenvalue weighted by Crippen LogP contribution is 2.04. The largest absolute Gasteiger partial charge is 0.351 e. The van der Waals surface area contributed by atoms with Gasteiger partial charge in [-0.3, -0.25) is 9.13 Å². The number of anilines is 2. The molecule has 30 heavy (non-hydrogen) atoms. The minimum Gasteiger partial charge on any atom is -0.286 e. The van der Waals surface area contributed by atoms with E-state index >= 15 is 0 Å². The lowest BCUT2D eigenvalue weighted by molar-refractivity contribution is 0.772. The Labute approximate surface area is 170 Å². The average molecular weight is 409 g/mol. The molecule has 0 radical (unpaired) electrons. The molecule has 0 aliphatic heterocycles. The Kier molecular flexibility index (Phi) is 6.00. The van der Waals surface area contributed by atoms with Gasteiger partial charge in [0.2, 0.25) is 11.9 Å². The fourth-order valence-electron chi connectivity index (χ4n) is 2.11. The van der Waals surface area contributed by atoms with Crippen LogP contribution >= 0.6 is 0 Å². The normalized spacial score (nSPS) is 12.0. The molecule has 3 rings (SSSR count). The van der Waals surface area contributed by atoms with Crippen LogP contribution in [-0.2, 0) is 14.1 Å². The number of rotatable bonds is 6. The van der Waals surface area contributed by atoms with Gasteiger partial charge in [0.25, 0.3) is 0 Å². The molecular weight excluding hydrogens is 390 g/mol. The first-order valence-electron chi connectivity index (χ1n) is 8.71. The number of nitrogens with zero attached hydrogens (tertiary/aromatic N) is 9. The lowest BCUT2D eigenvalue weighted by Crippen LogP contribution is -2.21. The molecule has 13 nitrogen and oxygen atoms in total. The number of hydrazone groups is 2. The Morgan fingerprint density at radius 2 is 1.23 bits per heavy atom. The second-order valence-corrected chi connectivity index (χ2v) is 6.17. The van der Waals surface area contributed by atoms with Crippen LogP contribution < -0.4 is 22.2 Å². The lowest BCUT2D eigenvalue weighted by atomic mass is 10.2. The minimum absolute atomic E-state index is 0.0875. The molecule has 3 aromatic heterocycles. The van der Waals surface area contributed by atoms with Crippen LogP contribution in [0.3, 0.4) is 0 Å². The van der Waals surface area contributed by atoms with E-state index in [1.807, 2.05) is 0 Å². The summed E-state index contributed by atoms with van der Waals surface area (Å²) >= 11 is 0. The van der Waals surface area contributed by atoms with E-state index in [9.17, 15) is 9.59 Å². The summed E-state index contributed by atoms with van der Waals surface area (Å²) in [6.45, 7) is 3.50. The van der Waals surface area contributed by atoms with Gasteiger partial charge in [-0.05, 0) is 26.0 Å². The molecule has 0 aromatic carbocycles. The predicted octanol–water partition coefficient (Wildman–Crippen LogP) is -0.269. The highest BCUT2D eigenvalue weighted by Gasteiger charge is 2.06. The van der Waals surface area contributed by atoms with Crippen molar-refractivity contribution in [1.29, 1.82) is 0 Å². The third kappa shape index (κ3) is 4.95. The third-order valence-electron chi connectivity index (χ3n) is 3.85. The molecule has 3 heterocycles. The van der Waals surface area contributed by atoms with E-state index in [1.54, 1.807) is 46.1 Å². The maximum absolute atomic E-state index is 11.5. The fourth-order valence-corrected chi connectivity index (χ4v) is 2.11. The van der Waals surface area contributed by atoms with Crippen molar-refractivity contribution in [2.75, 3.05) is 10.9 Å². The zero-order valence-corrected chi connectivity index (χ0v) is 16.7. The van der Waals surface area contributed by atoms with Crippen molar-refractivity contribution in [3.05, 3.63) is 63.2 Å². The number of aromatic nitrogens is 7. The first-order chi connectivity index (χ1) is 14.3. The Morgan fingerprint density at radius 3 is 1.63 bits per heavy atom. The molecule has 154 valence electrons. The summed E-state index contributed by atoms with van der Waals surface area (Å²) in [6.07, 6.45) is 2.70. The SMILES string of the molecule is C/C(=N\Nc1ncn(C)c(=O)n1)c1cccc(/C(C)=N/Nc2ncn(C)c(=O)n2)n1. The van der Waals surface area contributed by atoms with E-state index in [0.29, 0.717) is 22.8 Å². The number of hydrogen-bond donors (Lipinski definition) is 2. The Morgan fingerprint density at radius 1 is 0.800 bits per heavy atom. The van der Waals surface area contributed by atoms with Crippen molar-refractivity contribution < 1.29 is 0 Å². The van der Waals surface area contributed by atoms with Crippen LogP contribution in [0.25, 0.3) is 0 Å². The summed E-state index contributed by atoms with van der Waals surface area (Å²) in [6, 6.07) is 5.36. The van der Waals surface area contributed by atoms with Gasteiger partial charge in [-0.25, -0.2) is 35.4 Å². The van der Waals surface area contributed by atoms with Crippen molar-refractivity contribution in [1.82, 2.24) is 34.1 Å². The lowest BCUT2D eigenvalue weighted by Gasteiger charge is -2.06. The maximum atomic E-state index is 11.5. The van der Waals surface area contributed by atoms with Gasteiger partial charge < -0.3 is 0 Å². The minimum atomic E-state index is -0.444. The van der Waals surface area contributed by atoms with Gasteiger partial charge in [-0.1, -0.05) is 6.07 Å². The summed E-state index contributed by atoms with van der Waals surface area (Å²) in [5.41, 5.74) is 6.66. The van der Waals surface area contributed by atoms with Crippen molar-refractivity contribution in [2.24, 2.45) is 24.3 Å². The van der Waals surface area contributed by atoms with Crippen LogP contribution in [0, 0.1) is 0 Å². The topological polar surface area (TPSA) is 157 Å². The van der Waals surface area contributed by atoms with Crippen LogP contribution in [-0.4, -0.2) is 45.5 Å². The van der Waals surface area contributed by atoms with Crippen LogP contribution in [0.15, 0.2) is 50.6 Å². The van der Waals surface area contributed by atoms with Crippen molar-refractivity contribution in [2.45, 2.75) is 13.8 Å². The first-order valence-corrected chi connectivity index (χ1v) is 8.71. The van der Waals surface area contributed by atoms with Crippen LogP contribution in [0.4, 0.5) is 11.9 Å². The molecule has 0 saturated heterocycles. The number of nitrogens with one attached hydrogen (secondary N) is 2. The van der Waals surface area contributed by atoms with Crippen LogP contribution in [0.1, 0.15) is 25.2 Å². The highest BCUT2D eigenvalue weighted by molar-refractivity contribution is 6.01. The number of pyridine rings is 1. The molecule has 0 unspecified atom stereocenters. The second kappa shape index (κ2) is 8.81. The maximum Gasteiger partial charge on any atom is 0.351 e. The molecule has 13 heteroatoms. The van der Waals surface area contributed by atoms with E-state index < -0.39 is 11.4 Å². The number of aryl methyl sites for hydroxylation is 2. The van der Waals surface area contributed by atoms with Gasteiger partial charge in [0, 0.05) is 14.1 Å². The van der Waals surface area contributed by atoms with Gasteiger partial charge in [-0.2, -0.15) is 20.2 Å². The molecule has 0 saturated carbocycles. The molecule has 0 spiro atoms. The van der Waals surface area contributed by atoms with E-state index in [-0.39, 0.29) is 11.9 Å². The van der Waals surface area contributed by atoms with Crippen LogP contribution in [0.5, 0.6) is 0 Å². The third-order valence-corrected chi connectivity index (χ3v) is 3.85. The van der Waals surface area contributed by atoms with E-state index in [4.69, 9.17) is 0 Å². The van der Waals surface area contributed by atoms with Crippen molar-refractivity contribution in [3.8, 4) is 0 Å². The zero-order chi connectivity index (χ0) is 21.7. The molecular formula is C17H19N11O2. The highest BCUT2D eigenvalue weighted by atomic mass is 16.1. The Bertz CT molecular complexity index is 1150. The van der Waals surface area contributed by atoms with Gasteiger partial charge in [-0.15, -0.1) is 0 Å². The van der Waals surface area contributed by atoms with Gasteiger partial charge >= 0.3 is 11.4 Å². The summed E-state index contributed by atoms with van der Waals surface area (Å²) in [5, 5.41) is 8.33. The summed E-state index contributed by atoms with van der Waals surface area (Å²) in [5.74, 6) is 0.175. The van der Waals surface area contributed by atoms with Gasteiger partial charge in [0.15, 0.2) is 0 Å². The van der Waals surface area contributed by atoms with E-state index in [0.717, 1.165) is 0 Å². The van der Waals surface area contributed by atoms with E-state index in [2.05, 4.69) is 46.0 Å². The smallest absolute Gasteiger partial charge is 0.286 e. The standard InChI is InChI=1S/C17H19N11O2/c1-10(23-25-14-18-8-27(3)16(29)21-14)12-6-5-7-13(20-12)11(2)24-26-15-19-9-28(4)17(30)22-15/h5-9H,1-4H3,(H,21,25,29)(H,22,26,30)/b23-10+,24-11+. The molecule has 0 aliphatic carbocycles. The molecule has 0 fully saturated rings.